The third kappa shape index (κ3) is 7.63. The Balaban J connectivity index is 0. The van der Waals surface area contributed by atoms with Crippen molar-refractivity contribution < 1.29 is 28.1 Å². The van der Waals surface area contributed by atoms with Gasteiger partial charge < -0.3 is 10.1 Å². The maximum Gasteiger partial charge on any atom is 0.152 e. The molecule has 3 nitrogen and oxygen atoms in total. The molecule has 1 radical (unpaired) electrons. The van der Waals surface area contributed by atoms with E-state index in [1.807, 2.05) is 6.92 Å². The van der Waals surface area contributed by atoms with Gasteiger partial charge in [0.25, 0.3) is 0 Å². The number of amides is 1. The Morgan fingerprint density at radius 1 is 1.33 bits per heavy atom. The Bertz CT molecular complexity index is 185. The Labute approximate surface area is 104 Å². The van der Waals surface area contributed by atoms with E-state index in [4.69, 9.17) is 0 Å². The van der Waals surface area contributed by atoms with Crippen molar-refractivity contribution in [3.8, 4) is 0 Å². The summed E-state index contributed by atoms with van der Waals surface area (Å²) in [5.74, 6) is 0.702. The van der Waals surface area contributed by atoms with Crippen LogP contribution in [0.2, 0.25) is 0 Å². The zero-order valence-corrected chi connectivity index (χ0v) is 11.1. The summed E-state index contributed by atoms with van der Waals surface area (Å²) >= 11 is 0. The first-order chi connectivity index (χ1) is 6.65. The topological polar surface area (TPSA) is 46.2 Å². The van der Waals surface area contributed by atoms with Gasteiger partial charge in [0, 0.05) is 25.0 Å². The number of rotatable bonds is 8. The summed E-state index contributed by atoms with van der Waals surface area (Å²) in [5, 5.41) is 2.42. The summed E-state index contributed by atoms with van der Waals surface area (Å²) in [5.41, 5.74) is 0. The van der Waals surface area contributed by atoms with E-state index in [0.717, 1.165) is 12.8 Å². The second-order valence-corrected chi connectivity index (χ2v) is 3.73. The molecule has 0 heterocycles. The van der Waals surface area contributed by atoms with Gasteiger partial charge in [0.15, 0.2) is 5.78 Å². The molecule has 0 spiro atoms. The minimum Gasteiger partial charge on any atom is -0.521 e. The van der Waals surface area contributed by atoms with Crippen molar-refractivity contribution in [3.05, 3.63) is 0 Å². The molecule has 0 aliphatic heterocycles. The van der Waals surface area contributed by atoms with Crippen LogP contribution in [-0.4, -0.2) is 18.2 Å². The SMILES string of the molecule is CCC(C)CCC(=O)C(CC)N[C-]=O.[V]. The van der Waals surface area contributed by atoms with Crippen LogP contribution in [-0.2, 0) is 28.1 Å². The number of Topliss-reactive ketones (excluding diaryl/α,β-unsaturated/α-hetero) is 1. The van der Waals surface area contributed by atoms with E-state index in [1.54, 1.807) is 6.41 Å². The summed E-state index contributed by atoms with van der Waals surface area (Å²) < 4.78 is 0. The first kappa shape index (κ1) is 17.1. The first-order valence-electron chi connectivity index (χ1n) is 5.31. The van der Waals surface area contributed by atoms with E-state index in [1.165, 1.54) is 0 Å². The zero-order valence-electron chi connectivity index (χ0n) is 9.75. The molecule has 0 aromatic carbocycles. The van der Waals surface area contributed by atoms with Gasteiger partial charge in [-0.1, -0.05) is 27.2 Å². The molecule has 1 N–H and O–H groups in total. The molecule has 2 unspecified atom stereocenters. The van der Waals surface area contributed by atoms with Crippen LogP contribution < -0.4 is 5.32 Å². The number of carbonyl (C=O) groups excluding carboxylic acids is 2. The average Bonchev–Trinajstić information content (AvgIpc) is 2.21. The second-order valence-electron chi connectivity index (χ2n) is 3.73. The average molecular weight is 249 g/mol. The van der Waals surface area contributed by atoms with E-state index in [9.17, 15) is 9.59 Å². The van der Waals surface area contributed by atoms with E-state index < -0.39 is 0 Å². The van der Waals surface area contributed by atoms with Crippen LogP contribution in [0.1, 0.15) is 46.5 Å². The smallest absolute Gasteiger partial charge is 0.152 e. The minimum atomic E-state index is -0.337. The molecule has 1 amide bonds. The molecule has 0 saturated carbocycles. The van der Waals surface area contributed by atoms with E-state index in [2.05, 4.69) is 19.2 Å². The summed E-state index contributed by atoms with van der Waals surface area (Å²) in [6, 6.07) is -0.337. The van der Waals surface area contributed by atoms with Crippen LogP contribution in [0.3, 0.4) is 0 Å². The van der Waals surface area contributed by atoms with Crippen LogP contribution >= 0.6 is 0 Å². The maximum atomic E-state index is 11.5. The Kier molecular flexibility index (Phi) is 11.7. The number of carbonyl (C=O) groups is 1. The molecule has 0 bridgehead atoms. The van der Waals surface area contributed by atoms with Crippen LogP contribution in [0.25, 0.3) is 0 Å². The molecule has 0 rings (SSSR count). The predicted molar refractivity (Wildman–Crippen MR) is 56.6 cm³/mol. The summed E-state index contributed by atoms with van der Waals surface area (Å²) in [7, 11) is 0. The van der Waals surface area contributed by atoms with Gasteiger partial charge in [-0.25, -0.2) is 0 Å². The van der Waals surface area contributed by atoms with Crippen molar-refractivity contribution in [2.75, 3.05) is 0 Å². The third-order valence-electron chi connectivity index (χ3n) is 2.61. The molecule has 0 aliphatic rings. The molecule has 0 aromatic rings. The molecule has 0 aliphatic carbocycles. The molecule has 0 fully saturated rings. The van der Waals surface area contributed by atoms with Crippen molar-refractivity contribution in [1.82, 2.24) is 5.32 Å². The molecular weight excluding hydrogens is 229 g/mol. The number of hydrogen-bond acceptors (Lipinski definition) is 2. The van der Waals surface area contributed by atoms with Crippen molar-refractivity contribution in [2.45, 2.75) is 52.5 Å². The van der Waals surface area contributed by atoms with E-state index >= 15 is 0 Å². The largest absolute Gasteiger partial charge is 0.521 e. The van der Waals surface area contributed by atoms with Crippen molar-refractivity contribution >= 4 is 12.2 Å². The normalized spacial score (nSPS) is 13.5. The third-order valence-corrected chi connectivity index (χ3v) is 2.61. The quantitative estimate of drug-likeness (QED) is 0.527. The standard InChI is InChI=1S/C11H20NO2.V/c1-4-9(3)6-7-11(14)10(5-2)12-8-13;/h9-10H,4-7H2,1-3H3,(H,12,13);/q-1;. The fraction of sp³-hybridized carbons (Fsp3) is 0.818. The van der Waals surface area contributed by atoms with Crippen molar-refractivity contribution in [1.29, 1.82) is 0 Å². The number of ketones is 1. The number of hydrogen-bond donors (Lipinski definition) is 1. The minimum absolute atomic E-state index is 0. The first-order valence-corrected chi connectivity index (χ1v) is 5.31. The monoisotopic (exact) mass is 249 g/mol. The Morgan fingerprint density at radius 2 is 1.93 bits per heavy atom. The molecule has 4 heteroatoms. The number of nitrogens with one attached hydrogen (secondary N) is 1. The van der Waals surface area contributed by atoms with Crippen molar-refractivity contribution in [2.24, 2.45) is 5.92 Å². The molecule has 87 valence electrons. The van der Waals surface area contributed by atoms with Gasteiger partial charge in [-0.2, -0.15) is 6.41 Å². The van der Waals surface area contributed by atoms with Gasteiger partial charge in [0.2, 0.25) is 0 Å². The Hall–Kier alpha value is -0.276. The molecule has 2 atom stereocenters. The van der Waals surface area contributed by atoms with Crippen LogP contribution in [0, 0.1) is 5.92 Å². The fourth-order valence-corrected chi connectivity index (χ4v) is 1.25. The summed E-state index contributed by atoms with van der Waals surface area (Å²) in [6.07, 6.45) is 4.79. The zero-order chi connectivity index (χ0) is 11.0. The molecule has 0 saturated heterocycles. The van der Waals surface area contributed by atoms with Gasteiger partial charge >= 0.3 is 0 Å². The molecule has 15 heavy (non-hydrogen) atoms. The van der Waals surface area contributed by atoms with Gasteiger partial charge in [-0.05, 0) is 18.8 Å². The Morgan fingerprint density at radius 3 is 2.33 bits per heavy atom. The van der Waals surface area contributed by atoms with Crippen molar-refractivity contribution in [3.63, 3.8) is 0 Å². The summed E-state index contributed by atoms with van der Waals surface area (Å²) in [4.78, 5) is 21.6. The van der Waals surface area contributed by atoms with E-state index in [0.29, 0.717) is 18.8 Å². The van der Waals surface area contributed by atoms with Gasteiger partial charge in [-0.15, -0.1) is 0 Å². The fourth-order valence-electron chi connectivity index (χ4n) is 1.25. The maximum absolute atomic E-state index is 11.5. The van der Waals surface area contributed by atoms with E-state index in [-0.39, 0.29) is 30.4 Å². The summed E-state index contributed by atoms with van der Waals surface area (Å²) in [6.45, 7) is 6.13. The predicted octanol–water partition coefficient (Wildman–Crippen LogP) is 1.81. The molecule has 0 aromatic heterocycles. The van der Waals surface area contributed by atoms with Crippen LogP contribution in [0.15, 0.2) is 0 Å². The van der Waals surface area contributed by atoms with Crippen LogP contribution in [0.5, 0.6) is 0 Å². The van der Waals surface area contributed by atoms with Gasteiger partial charge in [0.1, 0.15) is 0 Å². The van der Waals surface area contributed by atoms with Gasteiger partial charge in [0.05, 0.1) is 6.04 Å². The second kappa shape index (κ2) is 10.2. The van der Waals surface area contributed by atoms with Crippen LogP contribution in [0.4, 0.5) is 0 Å². The van der Waals surface area contributed by atoms with Gasteiger partial charge in [-0.3, -0.25) is 4.79 Å². The molecular formula is C11H20NO2V-.